The van der Waals surface area contributed by atoms with E-state index in [1.165, 1.54) is 30.6 Å². The molecule has 1 atom stereocenters. The molecule has 1 aromatic heterocycles. The third kappa shape index (κ3) is 4.39. The van der Waals surface area contributed by atoms with Crippen LogP contribution in [0, 0.1) is 5.82 Å². The summed E-state index contributed by atoms with van der Waals surface area (Å²) in [5, 5.41) is 6.00. The van der Waals surface area contributed by atoms with Crippen molar-refractivity contribution in [2.75, 3.05) is 40.0 Å². The lowest BCUT2D eigenvalue weighted by atomic mass is 9.95. The number of nitrogens with zero attached hydrogens (tertiary/aromatic N) is 3. The number of methoxy groups -OCH3 is 1. The summed E-state index contributed by atoms with van der Waals surface area (Å²) >= 11 is 7.77. The Balaban J connectivity index is 1.81. The molecule has 0 amide bonds. The highest BCUT2D eigenvalue weighted by Gasteiger charge is 2.34. The van der Waals surface area contributed by atoms with Crippen LogP contribution in [0.2, 0.25) is 5.02 Å². The summed E-state index contributed by atoms with van der Waals surface area (Å²) < 4.78 is 24.2. The van der Waals surface area contributed by atoms with Crippen molar-refractivity contribution < 1.29 is 18.7 Å². The molecule has 30 heavy (non-hydrogen) atoms. The Morgan fingerprint density at radius 3 is 2.90 bits per heavy atom. The maximum Gasteiger partial charge on any atom is 0.338 e. The topological polar surface area (TPSA) is 76.0 Å². The summed E-state index contributed by atoms with van der Waals surface area (Å²) in [6.45, 7) is 3.22. The molecule has 2 aromatic rings. The van der Waals surface area contributed by atoms with Crippen LogP contribution in [0.5, 0.6) is 0 Å². The number of nitrogens with one attached hydrogen (secondary N) is 1. The zero-order valence-corrected chi connectivity index (χ0v) is 17.8. The summed E-state index contributed by atoms with van der Waals surface area (Å²) in [5.74, 6) is -0.441. The van der Waals surface area contributed by atoms with Crippen molar-refractivity contribution in [1.29, 1.82) is 0 Å². The summed E-state index contributed by atoms with van der Waals surface area (Å²) in [7, 11) is 1.32. The molecule has 2 aliphatic rings. The average Bonchev–Trinajstić information content (AvgIpc) is 3.28. The van der Waals surface area contributed by atoms with Crippen LogP contribution >= 0.6 is 22.9 Å². The zero-order chi connectivity index (χ0) is 21.1. The Morgan fingerprint density at radius 2 is 2.23 bits per heavy atom. The number of ether oxygens (including phenoxy) is 2. The molecule has 1 saturated heterocycles. The fraction of sp³-hybridized carbons (Fsp3) is 0.350. The number of esters is 1. The number of benzene rings is 1. The molecule has 0 aliphatic carbocycles. The van der Waals surface area contributed by atoms with E-state index in [9.17, 15) is 9.18 Å². The summed E-state index contributed by atoms with van der Waals surface area (Å²) in [6, 6.07) is 3.32. The molecular weight excluding hydrogens is 431 g/mol. The van der Waals surface area contributed by atoms with Crippen LogP contribution in [-0.4, -0.2) is 61.6 Å². The normalized spacial score (nSPS) is 20.0. The van der Waals surface area contributed by atoms with E-state index in [0.717, 1.165) is 13.1 Å². The van der Waals surface area contributed by atoms with Gasteiger partial charge in [0.15, 0.2) is 10.8 Å². The van der Waals surface area contributed by atoms with Crippen LogP contribution in [0.1, 0.15) is 16.6 Å². The van der Waals surface area contributed by atoms with Crippen LogP contribution in [0.3, 0.4) is 0 Å². The van der Waals surface area contributed by atoms with Crippen LogP contribution in [0.15, 0.2) is 46.0 Å². The van der Waals surface area contributed by atoms with Gasteiger partial charge in [0, 0.05) is 47.5 Å². The van der Waals surface area contributed by atoms with E-state index < -0.39 is 17.8 Å². The fourth-order valence-corrected chi connectivity index (χ4v) is 4.31. The summed E-state index contributed by atoms with van der Waals surface area (Å²) in [6.07, 6.45) is 1.69. The average molecular weight is 451 g/mol. The van der Waals surface area contributed by atoms with E-state index in [2.05, 4.69) is 15.2 Å². The molecule has 1 fully saturated rings. The second kappa shape index (κ2) is 9.22. The number of morpholine rings is 1. The molecule has 0 bridgehead atoms. The largest absolute Gasteiger partial charge is 0.466 e. The van der Waals surface area contributed by atoms with Gasteiger partial charge in [-0.1, -0.05) is 17.7 Å². The predicted molar refractivity (Wildman–Crippen MR) is 112 cm³/mol. The van der Waals surface area contributed by atoms with Gasteiger partial charge in [0.2, 0.25) is 0 Å². The predicted octanol–water partition coefficient (Wildman–Crippen LogP) is 2.79. The fourth-order valence-electron chi connectivity index (χ4n) is 3.45. The lowest BCUT2D eigenvalue weighted by Crippen LogP contribution is -2.43. The van der Waals surface area contributed by atoms with Gasteiger partial charge in [0.25, 0.3) is 0 Å². The number of carbonyl (C=O) groups is 1. The van der Waals surface area contributed by atoms with E-state index in [-0.39, 0.29) is 5.02 Å². The first kappa shape index (κ1) is 20.9. The minimum Gasteiger partial charge on any atom is -0.466 e. The monoisotopic (exact) mass is 450 g/mol. The van der Waals surface area contributed by atoms with Crippen molar-refractivity contribution in [1.82, 2.24) is 15.2 Å². The molecule has 10 heteroatoms. The minimum atomic E-state index is -0.748. The third-order valence-electron chi connectivity index (χ3n) is 4.91. The number of halogens is 2. The van der Waals surface area contributed by atoms with E-state index in [1.54, 1.807) is 12.3 Å². The highest BCUT2D eigenvalue weighted by Crippen LogP contribution is 2.36. The van der Waals surface area contributed by atoms with Gasteiger partial charge in [-0.05, 0) is 12.1 Å². The molecule has 3 heterocycles. The summed E-state index contributed by atoms with van der Waals surface area (Å²) in [4.78, 5) is 24.1. The van der Waals surface area contributed by atoms with Crippen LogP contribution in [0.4, 0.5) is 4.39 Å². The molecular formula is C20H20ClFN4O3S. The van der Waals surface area contributed by atoms with Crippen LogP contribution in [0.25, 0.3) is 0 Å². The van der Waals surface area contributed by atoms with Gasteiger partial charge in [-0.2, -0.15) is 0 Å². The van der Waals surface area contributed by atoms with Crippen molar-refractivity contribution in [3.8, 4) is 0 Å². The smallest absolute Gasteiger partial charge is 0.338 e. The number of hydrogen-bond acceptors (Lipinski definition) is 8. The number of amidine groups is 1. The molecule has 0 unspecified atom stereocenters. The Kier molecular flexibility index (Phi) is 6.43. The van der Waals surface area contributed by atoms with E-state index in [0.29, 0.717) is 47.4 Å². The first-order valence-electron chi connectivity index (χ1n) is 9.38. The Hall–Kier alpha value is -2.33. The number of aromatic nitrogens is 1. The number of rotatable bonds is 5. The minimum absolute atomic E-state index is 0.191. The highest BCUT2D eigenvalue weighted by molar-refractivity contribution is 7.11. The molecule has 0 saturated carbocycles. The molecule has 2 aliphatic heterocycles. The lowest BCUT2D eigenvalue weighted by Gasteiger charge is -2.32. The van der Waals surface area contributed by atoms with Crippen molar-refractivity contribution >= 4 is 34.7 Å². The second-order valence-corrected chi connectivity index (χ2v) is 8.08. The van der Waals surface area contributed by atoms with Crippen molar-refractivity contribution in [2.24, 2.45) is 4.99 Å². The highest BCUT2D eigenvalue weighted by atomic mass is 35.5. The molecule has 1 aromatic carbocycles. The molecule has 0 spiro atoms. The van der Waals surface area contributed by atoms with Gasteiger partial charge in [0.1, 0.15) is 11.9 Å². The standard InChI is InChI=1S/C20H20ClFN4O3S/c1-28-20(27)16-15(11-26-5-7-29-8-6-26)24-18(19-23-4-9-30-19)25-17(16)13-3-2-12(22)10-14(13)21/h2-4,9-10,17H,5-8,11H2,1H3,(H,24,25)/t17-/m0/s1. The molecule has 1 N–H and O–H groups in total. The van der Waals surface area contributed by atoms with E-state index in [1.807, 2.05) is 5.38 Å². The van der Waals surface area contributed by atoms with Gasteiger partial charge in [-0.25, -0.2) is 14.2 Å². The zero-order valence-electron chi connectivity index (χ0n) is 16.2. The Morgan fingerprint density at radius 1 is 1.43 bits per heavy atom. The number of hydrogen-bond donors (Lipinski definition) is 1. The van der Waals surface area contributed by atoms with Gasteiger partial charge < -0.3 is 14.8 Å². The van der Waals surface area contributed by atoms with E-state index in [4.69, 9.17) is 26.1 Å². The summed E-state index contributed by atoms with van der Waals surface area (Å²) in [5.41, 5.74) is 1.53. The quantitative estimate of drug-likeness (QED) is 0.706. The van der Waals surface area contributed by atoms with E-state index >= 15 is 0 Å². The maximum absolute atomic E-state index is 13.7. The van der Waals surface area contributed by atoms with Gasteiger partial charge in [-0.15, -0.1) is 11.3 Å². The number of carbonyl (C=O) groups excluding carboxylic acids is 1. The Bertz CT molecular complexity index is 990. The van der Waals surface area contributed by atoms with Crippen LogP contribution < -0.4 is 5.32 Å². The van der Waals surface area contributed by atoms with Gasteiger partial charge in [-0.3, -0.25) is 9.89 Å². The molecule has 158 valence electrons. The third-order valence-corrected chi connectivity index (χ3v) is 6.02. The number of aliphatic imine (C=N–C) groups is 1. The van der Waals surface area contributed by atoms with Crippen LogP contribution in [-0.2, 0) is 14.3 Å². The SMILES string of the molecule is COC(=O)C1=C(CN2CCOCC2)NC(c2nccs2)=N[C@H]1c1ccc(F)cc1Cl. The van der Waals surface area contributed by atoms with Crippen molar-refractivity contribution in [3.63, 3.8) is 0 Å². The maximum atomic E-state index is 13.7. The second-order valence-electron chi connectivity index (χ2n) is 6.78. The van der Waals surface area contributed by atoms with Gasteiger partial charge in [0.05, 0.1) is 25.9 Å². The number of thiazole rings is 1. The first-order chi connectivity index (χ1) is 14.6. The first-order valence-corrected chi connectivity index (χ1v) is 10.6. The van der Waals surface area contributed by atoms with Gasteiger partial charge >= 0.3 is 5.97 Å². The molecule has 7 nitrogen and oxygen atoms in total. The Labute approximate surface area is 182 Å². The molecule has 0 radical (unpaired) electrons. The molecule has 4 rings (SSSR count). The van der Waals surface area contributed by atoms with Crippen molar-refractivity contribution in [3.05, 3.63) is 62.5 Å². The lowest BCUT2D eigenvalue weighted by molar-refractivity contribution is -0.136. The van der Waals surface area contributed by atoms with Crippen molar-refractivity contribution in [2.45, 2.75) is 6.04 Å².